The molecule has 3 heteroatoms. The topological polar surface area (TPSA) is 17.1 Å². The van der Waals surface area contributed by atoms with Crippen LogP contribution in [0, 0.1) is 0 Å². The summed E-state index contributed by atoms with van der Waals surface area (Å²) in [5, 5.41) is 0.430. The molecule has 1 rings (SSSR count). The molecule has 0 aliphatic carbocycles. The van der Waals surface area contributed by atoms with Crippen molar-refractivity contribution in [1.29, 1.82) is 0 Å². The van der Waals surface area contributed by atoms with Crippen LogP contribution in [0.1, 0.15) is 110 Å². The van der Waals surface area contributed by atoms with Crippen molar-refractivity contribution in [1.82, 2.24) is 0 Å². The van der Waals surface area contributed by atoms with Gasteiger partial charge in [-0.25, -0.2) is 0 Å². The largest absolute Gasteiger partial charge is 0.325 e. The van der Waals surface area contributed by atoms with Gasteiger partial charge in [0.25, 0.3) is 0 Å². The number of quaternary nitrogens is 1. The first-order valence-electron chi connectivity index (χ1n) is 11.7. The lowest BCUT2D eigenvalue weighted by Gasteiger charge is -2.28. The summed E-state index contributed by atoms with van der Waals surface area (Å²) in [6.45, 7) is 6.09. The van der Waals surface area contributed by atoms with Crippen molar-refractivity contribution < 1.29 is 9.28 Å². The quantitative estimate of drug-likeness (QED) is 0.199. The minimum absolute atomic E-state index is 0.430. The maximum Gasteiger partial charge on any atom is 0.189 e. The van der Waals surface area contributed by atoms with E-state index >= 15 is 0 Å². The van der Waals surface area contributed by atoms with Gasteiger partial charge in [-0.3, -0.25) is 4.79 Å². The fraction of sp³-hybridized carbons (Fsp3) is 0.957. The summed E-state index contributed by atoms with van der Waals surface area (Å²) < 4.78 is 1.19. The lowest BCUT2D eigenvalue weighted by Crippen LogP contribution is -2.42. The van der Waals surface area contributed by atoms with Gasteiger partial charge in [0.2, 0.25) is 0 Å². The average molecular weight is 385 g/mol. The summed E-state index contributed by atoms with van der Waals surface area (Å²) in [5.74, 6) is 1.02. The molecule has 1 saturated heterocycles. The summed E-state index contributed by atoms with van der Waals surface area (Å²) in [7, 11) is 2.35. The van der Waals surface area contributed by atoms with E-state index in [9.17, 15) is 4.79 Å². The molecule has 0 aromatic carbocycles. The van der Waals surface area contributed by atoms with Crippen LogP contribution < -0.4 is 0 Å². The maximum absolute atomic E-state index is 12.0. The van der Waals surface area contributed by atoms with Gasteiger partial charge in [0.15, 0.2) is 5.12 Å². The van der Waals surface area contributed by atoms with Crippen LogP contribution in [-0.4, -0.2) is 42.0 Å². The van der Waals surface area contributed by atoms with Gasteiger partial charge in [-0.15, -0.1) is 0 Å². The molecule has 0 amide bonds. The number of nitrogens with zero attached hydrogens (tertiary/aromatic N) is 1. The number of thioether (sulfide) groups is 1. The van der Waals surface area contributed by atoms with E-state index in [1.165, 1.54) is 114 Å². The summed E-state index contributed by atoms with van der Waals surface area (Å²) in [5.41, 5.74) is 0. The van der Waals surface area contributed by atoms with Crippen LogP contribution in [0.15, 0.2) is 0 Å². The van der Waals surface area contributed by atoms with E-state index in [4.69, 9.17) is 0 Å². The van der Waals surface area contributed by atoms with E-state index in [-0.39, 0.29) is 0 Å². The van der Waals surface area contributed by atoms with Crippen molar-refractivity contribution in [2.45, 2.75) is 110 Å². The lowest BCUT2D eigenvalue weighted by molar-refractivity contribution is -0.895. The number of hydrogen-bond donors (Lipinski definition) is 0. The van der Waals surface area contributed by atoms with Crippen molar-refractivity contribution in [3.05, 3.63) is 0 Å². The second kappa shape index (κ2) is 16.0. The molecule has 0 radical (unpaired) electrons. The zero-order valence-electron chi connectivity index (χ0n) is 17.9. The Morgan fingerprint density at radius 1 is 0.769 bits per heavy atom. The molecule has 0 spiro atoms. The van der Waals surface area contributed by atoms with E-state index in [0.29, 0.717) is 5.12 Å². The van der Waals surface area contributed by atoms with Gasteiger partial charge in [-0.1, -0.05) is 95.7 Å². The minimum atomic E-state index is 0.430. The molecule has 0 N–H and O–H groups in total. The Hall–Kier alpha value is -0.0200. The molecule has 1 fully saturated rings. The predicted octanol–water partition coefficient (Wildman–Crippen LogP) is 6.97. The summed E-state index contributed by atoms with van der Waals surface area (Å²) >= 11 is 1.59. The number of carbonyl (C=O) groups excluding carboxylic acids is 1. The molecular weight excluding hydrogens is 338 g/mol. The first kappa shape index (κ1) is 24.0. The van der Waals surface area contributed by atoms with Crippen LogP contribution in [0.3, 0.4) is 0 Å². The number of likely N-dealkylation sites (tertiary alicyclic amines) is 1. The number of carbonyl (C=O) groups is 1. The van der Waals surface area contributed by atoms with Crippen LogP contribution >= 0.6 is 11.8 Å². The molecule has 154 valence electrons. The molecule has 0 aromatic rings. The average Bonchev–Trinajstić information content (AvgIpc) is 3.05. The normalized spacial score (nSPS) is 16.2. The van der Waals surface area contributed by atoms with Crippen molar-refractivity contribution in [3.8, 4) is 0 Å². The van der Waals surface area contributed by atoms with Gasteiger partial charge >= 0.3 is 0 Å². The molecule has 1 aliphatic heterocycles. The zero-order valence-corrected chi connectivity index (χ0v) is 18.7. The lowest BCUT2D eigenvalue weighted by atomic mass is 10.0. The van der Waals surface area contributed by atoms with Crippen LogP contribution in [0.25, 0.3) is 0 Å². The van der Waals surface area contributed by atoms with Crippen molar-refractivity contribution in [2.75, 3.05) is 32.4 Å². The summed E-state index contributed by atoms with van der Waals surface area (Å²) in [4.78, 5) is 12.0. The first-order chi connectivity index (χ1) is 12.7. The fourth-order valence-electron chi connectivity index (χ4n) is 4.06. The number of hydrogen-bond acceptors (Lipinski definition) is 2. The molecular formula is C23H46NOS+. The second-order valence-corrected chi connectivity index (χ2v) is 9.86. The smallest absolute Gasteiger partial charge is 0.189 e. The monoisotopic (exact) mass is 384 g/mol. The molecule has 1 heterocycles. The van der Waals surface area contributed by atoms with Crippen molar-refractivity contribution >= 4 is 16.9 Å². The van der Waals surface area contributed by atoms with Gasteiger partial charge in [0.05, 0.1) is 32.4 Å². The van der Waals surface area contributed by atoms with Gasteiger partial charge in [-0.05, 0) is 6.42 Å². The molecule has 0 bridgehead atoms. The molecule has 0 aromatic heterocycles. The van der Waals surface area contributed by atoms with Crippen molar-refractivity contribution in [3.63, 3.8) is 0 Å². The Labute approximate surface area is 168 Å². The second-order valence-electron chi connectivity index (χ2n) is 8.71. The maximum atomic E-state index is 12.0. The Kier molecular flexibility index (Phi) is 14.8. The number of unbranched alkanes of at least 4 members (excludes halogenated alkanes) is 12. The van der Waals surface area contributed by atoms with Crippen LogP contribution in [-0.2, 0) is 4.79 Å². The van der Waals surface area contributed by atoms with Crippen LogP contribution in [0.4, 0.5) is 0 Å². The Morgan fingerprint density at radius 3 is 1.73 bits per heavy atom. The zero-order chi connectivity index (χ0) is 18.9. The third-order valence-corrected chi connectivity index (χ3v) is 6.94. The highest BCUT2D eigenvalue weighted by Crippen LogP contribution is 2.19. The Morgan fingerprint density at radius 2 is 1.23 bits per heavy atom. The summed E-state index contributed by atoms with van der Waals surface area (Å²) in [6.07, 6.45) is 21.3. The predicted molar refractivity (Wildman–Crippen MR) is 118 cm³/mol. The third kappa shape index (κ3) is 13.2. The van der Waals surface area contributed by atoms with E-state index in [1.54, 1.807) is 11.8 Å². The van der Waals surface area contributed by atoms with E-state index < -0.39 is 0 Å². The first-order valence-corrected chi connectivity index (χ1v) is 12.6. The molecule has 2 nitrogen and oxygen atoms in total. The van der Waals surface area contributed by atoms with Gasteiger partial charge < -0.3 is 4.48 Å². The molecule has 1 aliphatic rings. The van der Waals surface area contributed by atoms with Gasteiger partial charge in [0.1, 0.15) is 0 Å². The molecule has 0 atom stereocenters. The molecule has 0 unspecified atom stereocenters. The van der Waals surface area contributed by atoms with E-state index in [1.807, 2.05) is 0 Å². The minimum Gasteiger partial charge on any atom is -0.325 e. The fourth-order valence-corrected chi connectivity index (χ4v) is 5.11. The van der Waals surface area contributed by atoms with Gasteiger partial charge in [0, 0.05) is 19.3 Å². The highest BCUT2D eigenvalue weighted by atomic mass is 32.2. The molecule has 26 heavy (non-hydrogen) atoms. The summed E-state index contributed by atoms with van der Waals surface area (Å²) in [6, 6.07) is 0. The standard InChI is InChI=1S/C23H46NOS/c1-3-4-5-6-7-8-9-10-11-12-13-14-15-18-23(25)26-22-21-24(2)19-16-17-20-24/h3-22H2,1-2H3/q+1. The van der Waals surface area contributed by atoms with E-state index in [0.717, 1.165) is 18.6 Å². The van der Waals surface area contributed by atoms with Crippen molar-refractivity contribution in [2.24, 2.45) is 0 Å². The molecule has 0 saturated carbocycles. The SMILES string of the molecule is CCCCCCCCCCCCCCCC(=O)SCC[N+]1(C)CCCC1. The number of rotatable bonds is 17. The third-order valence-electron chi connectivity index (χ3n) is 6.02. The highest BCUT2D eigenvalue weighted by molar-refractivity contribution is 8.13. The van der Waals surface area contributed by atoms with Gasteiger partial charge in [-0.2, -0.15) is 0 Å². The Balaban J connectivity index is 1.77. The Bertz CT molecular complexity index is 339. The van der Waals surface area contributed by atoms with E-state index in [2.05, 4.69) is 14.0 Å². The highest BCUT2D eigenvalue weighted by Gasteiger charge is 2.26. The van der Waals surface area contributed by atoms with Crippen LogP contribution in [0.2, 0.25) is 0 Å². The van der Waals surface area contributed by atoms with Crippen LogP contribution in [0.5, 0.6) is 0 Å².